The Balaban J connectivity index is 2.10. The van der Waals surface area contributed by atoms with Crippen molar-refractivity contribution in [2.75, 3.05) is 5.32 Å². The van der Waals surface area contributed by atoms with Gasteiger partial charge in [0, 0.05) is 11.8 Å². The van der Waals surface area contributed by atoms with E-state index in [9.17, 15) is 5.11 Å². The van der Waals surface area contributed by atoms with Gasteiger partial charge in [0.1, 0.15) is 17.9 Å². The summed E-state index contributed by atoms with van der Waals surface area (Å²) in [6, 6.07) is 8.86. The molecule has 18 heavy (non-hydrogen) atoms. The van der Waals surface area contributed by atoms with Crippen LogP contribution in [0.15, 0.2) is 36.7 Å². The Morgan fingerprint density at radius 1 is 1.28 bits per heavy atom. The van der Waals surface area contributed by atoms with Crippen molar-refractivity contribution in [3.63, 3.8) is 0 Å². The van der Waals surface area contributed by atoms with E-state index in [4.69, 9.17) is 0 Å². The summed E-state index contributed by atoms with van der Waals surface area (Å²) in [5.74, 6) is 1.41. The maximum absolute atomic E-state index is 9.74. The first-order valence-corrected chi connectivity index (χ1v) is 5.46. The lowest BCUT2D eigenvalue weighted by molar-refractivity contribution is 0.477. The van der Waals surface area contributed by atoms with E-state index in [0.717, 1.165) is 5.69 Å². The zero-order chi connectivity index (χ0) is 12.5. The molecule has 0 amide bonds. The van der Waals surface area contributed by atoms with Gasteiger partial charge in [-0.15, -0.1) is 0 Å². The van der Waals surface area contributed by atoms with Crippen molar-refractivity contribution < 1.29 is 5.11 Å². The van der Waals surface area contributed by atoms with Crippen molar-refractivity contribution in [1.29, 1.82) is 0 Å². The minimum Gasteiger partial charge on any atom is -0.506 e. The van der Waals surface area contributed by atoms with Gasteiger partial charge >= 0.3 is 0 Å². The van der Waals surface area contributed by atoms with Crippen LogP contribution in [0.1, 0.15) is 5.69 Å². The van der Waals surface area contributed by atoms with Crippen LogP contribution in [0.2, 0.25) is 0 Å². The standard InChI is InChI=1S/C12H11N5O/c1-8-6-11(17-12(15-8)13-7-14-17)16-9-4-2-3-5-10(9)18/h2-7,16,18H,1H3. The number of anilines is 2. The van der Waals surface area contributed by atoms with Gasteiger partial charge in [-0.1, -0.05) is 12.1 Å². The Labute approximate surface area is 103 Å². The minimum atomic E-state index is 0.181. The van der Waals surface area contributed by atoms with E-state index < -0.39 is 0 Å². The van der Waals surface area contributed by atoms with Crippen molar-refractivity contribution in [3.8, 4) is 5.75 Å². The summed E-state index contributed by atoms with van der Waals surface area (Å²) >= 11 is 0. The van der Waals surface area contributed by atoms with Crippen LogP contribution < -0.4 is 5.32 Å². The van der Waals surface area contributed by atoms with E-state index in [1.165, 1.54) is 6.33 Å². The molecule has 0 spiro atoms. The molecular formula is C12H11N5O. The quantitative estimate of drug-likeness (QED) is 0.670. The highest BCUT2D eigenvalue weighted by Gasteiger charge is 2.07. The van der Waals surface area contributed by atoms with Crippen LogP contribution in [0.4, 0.5) is 11.5 Å². The van der Waals surface area contributed by atoms with Gasteiger partial charge < -0.3 is 10.4 Å². The summed E-state index contributed by atoms with van der Waals surface area (Å²) in [7, 11) is 0. The lowest BCUT2D eigenvalue weighted by Crippen LogP contribution is -2.02. The number of para-hydroxylation sites is 2. The molecule has 90 valence electrons. The molecule has 3 aromatic rings. The van der Waals surface area contributed by atoms with E-state index in [1.807, 2.05) is 19.1 Å². The van der Waals surface area contributed by atoms with Crippen molar-refractivity contribution in [2.45, 2.75) is 6.92 Å². The summed E-state index contributed by atoms with van der Waals surface area (Å²) in [5, 5.41) is 16.9. The molecule has 0 atom stereocenters. The second-order valence-corrected chi connectivity index (χ2v) is 3.90. The van der Waals surface area contributed by atoms with E-state index in [2.05, 4.69) is 20.4 Å². The molecule has 0 unspecified atom stereocenters. The molecule has 6 nitrogen and oxygen atoms in total. The smallest absolute Gasteiger partial charge is 0.254 e. The number of aryl methyl sites for hydroxylation is 1. The number of aromatic hydroxyl groups is 1. The fourth-order valence-electron chi connectivity index (χ4n) is 1.74. The maximum atomic E-state index is 9.74. The van der Waals surface area contributed by atoms with Crippen molar-refractivity contribution >= 4 is 17.3 Å². The first-order chi connectivity index (χ1) is 8.74. The van der Waals surface area contributed by atoms with Crippen molar-refractivity contribution in [2.24, 2.45) is 0 Å². The molecule has 0 aliphatic heterocycles. The van der Waals surface area contributed by atoms with Crippen LogP contribution in [0.25, 0.3) is 5.78 Å². The fraction of sp³-hybridized carbons (Fsp3) is 0.0833. The number of fused-ring (bicyclic) bond motifs is 1. The molecule has 2 N–H and O–H groups in total. The third kappa shape index (κ3) is 1.73. The molecule has 1 aromatic carbocycles. The van der Waals surface area contributed by atoms with Gasteiger partial charge in [-0.05, 0) is 19.1 Å². The van der Waals surface area contributed by atoms with E-state index in [-0.39, 0.29) is 5.75 Å². The fourth-order valence-corrected chi connectivity index (χ4v) is 1.74. The molecule has 0 bridgehead atoms. The first kappa shape index (κ1) is 10.5. The average Bonchev–Trinajstić information content (AvgIpc) is 2.80. The number of nitrogens with zero attached hydrogens (tertiary/aromatic N) is 4. The van der Waals surface area contributed by atoms with Gasteiger partial charge in [0.05, 0.1) is 5.69 Å². The van der Waals surface area contributed by atoms with Crippen LogP contribution in [-0.2, 0) is 0 Å². The molecular weight excluding hydrogens is 230 g/mol. The summed E-state index contributed by atoms with van der Waals surface area (Å²) < 4.78 is 1.58. The topological polar surface area (TPSA) is 75.3 Å². The Bertz CT molecular complexity index is 707. The van der Waals surface area contributed by atoms with E-state index in [0.29, 0.717) is 17.3 Å². The van der Waals surface area contributed by atoms with Gasteiger partial charge in [0.25, 0.3) is 5.78 Å². The number of aromatic nitrogens is 4. The molecule has 3 rings (SSSR count). The van der Waals surface area contributed by atoms with E-state index >= 15 is 0 Å². The Morgan fingerprint density at radius 2 is 2.11 bits per heavy atom. The van der Waals surface area contributed by atoms with Gasteiger partial charge in [0.2, 0.25) is 0 Å². The van der Waals surface area contributed by atoms with Crippen molar-refractivity contribution in [3.05, 3.63) is 42.4 Å². The predicted molar refractivity (Wildman–Crippen MR) is 66.9 cm³/mol. The number of rotatable bonds is 2. The number of phenolic OH excluding ortho intramolecular Hbond substituents is 1. The normalized spacial score (nSPS) is 10.7. The molecule has 0 saturated carbocycles. The molecule has 0 saturated heterocycles. The Kier molecular flexibility index (Phi) is 2.33. The second-order valence-electron chi connectivity index (χ2n) is 3.90. The molecule has 2 aromatic heterocycles. The lowest BCUT2D eigenvalue weighted by Gasteiger charge is -2.09. The molecule has 0 aliphatic carbocycles. The van der Waals surface area contributed by atoms with Gasteiger partial charge in [-0.2, -0.15) is 14.6 Å². The summed E-state index contributed by atoms with van der Waals surface area (Å²) in [6.07, 6.45) is 1.44. The zero-order valence-corrected chi connectivity index (χ0v) is 9.70. The highest BCUT2D eigenvalue weighted by atomic mass is 16.3. The Morgan fingerprint density at radius 3 is 2.94 bits per heavy atom. The summed E-state index contributed by atoms with van der Waals surface area (Å²) in [6.45, 7) is 1.88. The SMILES string of the molecule is Cc1cc(Nc2ccccc2O)n2ncnc2n1. The second kappa shape index (κ2) is 3.99. The highest BCUT2D eigenvalue weighted by molar-refractivity contribution is 5.64. The summed E-state index contributed by atoms with van der Waals surface area (Å²) in [5.41, 5.74) is 1.44. The predicted octanol–water partition coefficient (Wildman–Crippen LogP) is 1.88. The van der Waals surface area contributed by atoms with Gasteiger partial charge in [0.15, 0.2) is 0 Å². The molecule has 0 aliphatic rings. The molecule has 0 fully saturated rings. The van der Waals surface area contributed by atoms with Crippen LogP contribution in [0.5, 0.6) is 5.75 Å². The van der Waals surface area contributed by atoms with Crippen LogP contribution >= 0.6 is 0 Å². The van der Waals surface area contributed by atoms with Gasteiger partial charge in [-0.25, -0.2) is 4.98 Å². The third-order valence-corrected chi connectivity index (χ3v) is 2.55. The minimum absolute atomic E-state index is 0.181. The third-order valence-electron chi connectivity index (χ3n) is 2.55. The number of hydrogen-bond donors (Lipinski definition) is 2. The van der Waals surface area contributed by atoms with Crippen LogP contribution in [0, 0.1) is 6.92 Å². The monoisotopic (exact) mass is 241 g/mol. The number of phenols is 1. The number of nitrogens with one attached hydrogen (secondary N) is 1. The first-order valence-electron chi connectivity index (χ1n) is 5.46. The highest BCUT2D eigenvalue weighted by Crippen LogP contribution is 2.25. The number of hydrogen-bond acceptors (Lipinski definition) is 5. The zero-order valence-electron chi connectivity index (χ0n) is 9.70. The van der Waals surface area contributed by atoms with Crippen molar-refractivity contribution in [1.82, 2.24) is 19.6 Å². The maximum Gasteiger partial charge on any atom is 0.254 e. The average molecular weight is 241 g/mol. The van der Waals surface area contributed by atoms with Crippen LogP contribution in [-0.4, -0.2) is 24.7 Å². The molecule has 2 heterocycles. The molecule has 0 radical (unpaired) electrons. The van der Waals surface area contributed by atoms with Crippen LogP contribution in [0.3, 0.4) is 0 Å². The number of benzene rings is 1. The van der Waals surface area contributed by atoms with Gasteiger partial charge in [-0.3, -0.25) is 0 Å². The Hall–Kier alpha value is -2.63. The molecule has 6 heteroatoms. The summed E-state index contributed by atoms with van der Waals surface area (Å²) in [4.78, 5) is 8.29. The lowest BCUT2D eigenvalue weighted by atomic mass is 10.3. The van der Waals surface area contributed by atoms with E-state index in [1.54, 1.807) is 22.7 Å². The largest absolute Gasteiger partial charge is 0.506 e.